The van der Waals surface area contributed by atoms with Crippen LogP contribution in [0, 0.1) is 16.0 Å². The van der Waals surface area contributed by atoms with Crippen molar-refractivity contribution in [1.29, 1.82) is 0 Å². The number of carbonyl (C=O) groups excluding carboxylic acids is 1. The predicted octanol–water partition coefficient (Wildman–Crippen LogP) is 2.29. The summed E-state index contributed by atoms with van der Waals surface area (Å²) in [5.41, 5.74) is 5.84. The van der Waals surface area contributed by atoms with E-state index in [1.54, 1.807) is 0 Å². The van der Waals surface area contributed by atoms with Gasteiger partial charge in [0.05, 0.1) is 4.92 Å². The van der Waals surface area contributed by atoms with E-state index in [2.05, 4.69) is 12.2 Å². The summed E-state index contributed by atoms with van der Waals surface area (Å²) < 4.78 is 0. The summed E-state index contributed by atoms with van der Waals surface area (Å²) in [6, 6.07) is 4.37. The molecule has 1 aromatic rings. The number of nitro groups is 1. The van der Waals surface area contributed by atoms with E-state index in [9.17, 15) is 14.9 Å². The van der Waals surface area contributed by atoms with Gasteiger partial charge in [-0.3, -0.25) is 14.9 Å². The lowest BCUT2D eigenvalue weighted by Gasteiger charge is -2.18. The molecule has 0 heterocycles. The van der Waals surface area contributed by atoms with E-state index in [1.165, 1.54) is 18.2 Å². The molecule has 1 saturated carbocycles. The zero-order chi connectivity index (χ0) is 14.0. The van der Waals surface area contributed by atoms with Crippen LogP contribution in [0.15, 0.2) is 18.2 Å². The second-order valence-electron chi connectivity index (χ2n) is 5.01. The first-order valence-corrected chi connectivity index (χ1v) is 6.34. The fourth-order valence-corrected chi connectivity index (χ4v) is 2.52. The minimum Gasteiger partial charge on any atom is -0.376 e. The largest absolute Gasteiger partial charge is 0.376 e. The van der Waals surface area contributed by atoms with Gasteiger partial charge in [0.25, 0.3) is 5.69 Å². The van der Waals surface area contributed by atoms with Crippen molar-refractivity contribution in [2.45, 2.75) is 32.2 Å². The quantitative estimate of drug-likeness (QED) is 0.643. The summed E-state index contributed by atoms with van der Waals surface area (Å²) in [5, 5.41) is 14.2. The van der Waals surface area contributed by atoms with Crippen molar-refractivity contribution < 1.29 is 9.72 Å². The molecule has 1 fully saturated rings. The first kappa shape index (κ1) is 13.3. The highest BCUT2D eigenvalue weighted by Crippen LogP contribution is 2.32. The van der Waals surface area contributed by atoms with Crippen molar-refractivity contribution in [2.24, 2.45) is 11.7 Å². The van der Waals surface area contributed by atoms with Gasteiger partial charge in [-0.15, -0.1) is 0 Å². The molecule has 0 saturated heterocycles. The SMILES string of the molecule is CC1CCCC1Nc1cc(C(N)=O)ccc1[N+](=O)[O-]. The number of nitro benzene ring substituents is 1. The average molecular weight is 263 g/mol. The van der Waals surface area contributed by atoms with E-state index in [0.717, 1.165) is 19.3 Å². The number of nitrogens with two attached hydrogens (primary N) is 1. The van der Waals surface area contributed by atoms with E-state index in [1.807, 2.05) is 0 Å². The van der Waals surface area contributed by atoms with Gasteiger partial charge in [0.15, 0.2) is 0 Å². The molecule has 0 bridgehead atoms. The van der Waals surface area contributed by atoms with Crippen molar-refractivity contribution in [3.8, 4) is 0 Å². The van der Waals surface area contributed by atoms with Crippen molar-refractivity contribution in [3.63, 3.8) is 0 Å². The predicted molar refractivity (Wildman–Crippen MR) is 72.0 cm³/mol. The maximum atomic E-state index is 11.2. The monoisotopic (exact) mass is 263 g/mol. The molecule has 0 spiro atoms. The number of amides is 1. The summed E-state index contributed by atoms with van der Waals surface area (Å²) in [6.07, 6.45) is 3.21. The molecule has 102 valence electrons. The van der Waals surface area contributed by atoms with E-state index < -0.39 is 10.8 Å². The molecule has 0 radical (unpaired) electrons. The Bertz CT molecular complexity index is 516. The summed E-state index contributed by atoms with van der Waals surface area (Å²) in [7, 11) is 0. The zero-order valence-corrected chi connectivity index (χ0v) is 10.8. The van der Waals surface area contributed by atoms with Crippen molar-refractivity contribution in [1.82, 2.24) is 0 Å². The lowest BCUT2D eigenvalue weighted by Crippen LogP contribution is -2.23. The average Bonchev–Trinajstić information content (AvgIpc) is 2.74. The number of benzene rings is 1. The van der Waals surface area contributed by atoms with Gasteiger partial charge >= 0.3 is 0 Å². The third kappa shape index (κ3) is 2.83. The van der Waals surface area contributed by atoms with Crippen LogP contribution in [0.4, 0.5) is 11.4 Å². The number of nitrogens with zero attached hydrogens (tertiary/aromatic N) is 1. The van der Waals surface area contributed by atoms with Crippen LogP contribution in [-0.4, -0.2) is 16.9 Å². The molecule has 6 nitrogen and oxygen atoms in total. The van der Waals surface area contributed by atoms with E-state index in [-0.39, 0.29) is 17.3 Å². The summed E-state index contributed by atoms with van der Waals surface area (Å²) in [4.78, 5) is 21.7. The molecule has 1 amide bonds. The molecule has 3 N–H and O–H groups in total. The van der Waals surface area contributed by atoms with Crippen LogP contribution in [0.5, 0.6) is 0 Å². The first-order chi connectivity index (χ1) is 8.99. The Hall–Kier alpha value is -2.11. The highest BCUT2D eigenvalue weighted by atomic mass is 16.6. The minimum atomic E-state index is -0.586. The van der Waals surface area contributed by atoms with Gasteiger partial charge in [0.2, 0.25) is 5.91 Å². The van der Waals surface area contributed by atoms with Crippen LogP contribution in [0.25, 0.3) is 0 Å². The van der Waals surface area contributed by atoms with Gasteiger partial charge in [-0.1, -0.05) is 13.3 Å². The van der Waals surface area contributed by atoms with Gasteiger partial charge < -0.3 is 11.1 Å². The minimum absolute atomic E-state index is 0.0240. The zero-order valence-electron chi connectivity index (χ0n) is 10.8. The molecule has 1 aliphatic rings. The van der Waals surface area contributed by atoms with E-state index >= 15 is 0 Å². The van der Waals surface area contributed by atoms with Crippen LogP contribution in [-0.2, 0) is 0 Å². The lowest BCUT2D eigenvalue weighted by atomic mass is 10.1. The number of nitrogens with one attached hydrogen (secondary N) is 1. The molecule has 2 unspecified atom stereocenters. The smallest absolute Gasteiger partial charge is 0.292 e. The Labute approximate surface area is 111 Å². The summed E-state index contributed by atoms with van der Waals surface area (Å²) in [6.45, 7) is 2.12. The van der Waals surface area contributed by atoms with E-state index in [0.29, 0.717) is 11.6 Å². The van der Waals surface area contributed by atoms with Crippen LogP contribution in [0.1, 0.15) is 36.5 Å². The van der Waals surface area contributed by atoms with Crippen LogP contribution < -0.4 is 11.1 Å². The highest BCUT2D eigenvalue weighted by Gasteiger charge is 2.26. The lowest BCUT2D eigenvalue weighted by molar-refractivity contribution is -0.384. The highest BCUT2D eigenvalue weighted by molar-refractivity contribution is 5.94. The van der Waals surface area contributed by atoms with Crippen LogP contribution in [0.2, 0.25) is 0 Å². The Morgan fingerprint density at radius 2 is 2.21 bits per heavy atom. The molecular weight excluding hydrogens is 246 g/mol. The van der Waals surface area contributed by atoms with Gasteiger partial charge in [0.1, 0.15) is 5.69 Å². The number of hydrogen-bond donors (Lipinski definition) is 2. The summed E-state index contributed by atoms with van der Waals surface area (Å²) in [5.74, 6) is -0.116. The third-order valence-corrected chi connectivity index (χ3v) is 3.68. The molecule has 2 rings (SSSR count). The van der Waals surface area contributed by atoms with Gasteiger partial charge in [-0.25, -0.2) is 0 Å². The molecule has 0 aliphatic heterocycles. The fraction of sp³-hybridized carbons (Fsp3) is 0.462. The van der Waals surface area contributed by atoms with E-state index in [4.69, 9.17) is 5.73 Å². The Balaban J connectivity index is 2.32. The molecule has 1 aromatic carbocycles. The molecule has 0 aromatic heterocycles. The summed E-state index contributed by atoms with van der Waals surface area (Å²) >= 11 is 0. The molecule has 19 heavy (non-hydrogen) atoms. The molecule has 2 atom stereocenters. The van der Waals surface area contributed by atoms with Crippen molar-refractivity contribution in [3.05, 3.63) is 33.9 Å². The Morgan fingerprint density at radius 3 is 2.74 bits per heavy atom. The molecule has 6 heteroatoms. The van der Waals surface area contributed by atoms with Gasteiger partial charge in [0, 0.05) is 17.7 Å². The van der Waals surface area contributed by atoms with Crippen molar-refractivity contribution in [2.75, 3.05) is 5.32 Å². The Morgan fingerprint density at radius 1 is 1.47 bits per heavy atom. The number of hydrogen-bond acceptors (Lipinski definition) is 4. The van der Waals surface area contributed by atoms with Crippen molar-refractivity contribution >= 4 is 17.3 Å². The topological polar surface area (TPSA) is 98.3 Å². The van der Waals surface area contributed by atoms with Gasteiger partial charge in [-0.2, -0.15) is 0 Å². The Kier molecular flexibility index (Phi) is 3.69. The maximum Gasteiger partial charge on any atom is 0.292 e. The normalized spacial score (nSPS) is 22.2. The maximum absolute atomic E-state index is 11.2. The second kappa shape index (κ2) is 5.26. The first-order valence-electron chi connectivity index (χ1n) is 6.34. The third-order valence-electron chi connectivity index (χ3n) is 3.68. The number of rotatable bonds is 4. The number of carbonyl (C=O) groups is 1. The van der Waals surface area contributed by atoms with Crippen LogP contribution >= 0.6 is 0 Å². The second-order valence-corrected chi connectivity index (χ2v) is 5.01. The molecule has 1 aliphatic carbocycles. The fourth-order valence-electron chi connectivity index (χ4n) is 2.52. The standard InChI is InChI=1S/C13H17N3O3/c1-8-3-2-4-10(8)15-11-7-9(13(14)17)5-6-12(11)16(18)19/h5-8,10,15H,2-4H2,1H3,(H2,14,17). The van der Waals surface area contributed by atoms with Gasteiger partial charge in [-0.05, 0) is 30.9 Å². The molecular formula is C13H17N3O3. The number of anilines is 1. The van der Waals surface area contributed by atoms with Crippen LogP contribution in [0.3, 0.4) is 0 Å². The number of primary amides is 1.